The molecule has 0 bridgehead atoms. The van der Waals surface area contributed by atoms with Crippen molar-refractivity contribution >= 4 is 17.1 Å². The molecule has 88 valence electrons. The molecule has 0 aliphatic heterocycles. The standard InChI is InChI=1S/C13H14N2OS/c14-8-13-15-11(9-17-13)12(16)7-6-10-4-2-1-3-5-10/h1-5,9H,6-8,14H2. The minimum absolute atomic E-state index is 0.0878. The molecule has 0 aliphatic rings. The number of hydrogen-bond acceptors (Lipinski definition) is 4. The van der Waals surface area contributed by atoms with Crippen molar-refractivity contribution in [3.63, 3.8) is 0 Å². The van der Waals surface area contributed by atoms with Crippen molar-refractivity contribution in [1.82, 2.24) is 4.98 Å². The van der Waals surface area contributed by atoms with Crippen LogP contribution in [-0.4, -0.2) is 10.8 Å². The van der Waals surface area contributed by atoms with Crippen LogP contribution in [0.15, 0.2) is 35.7 Å². The molecule has 0 amide bonds. The fourth-order valence-electron chi connectivity index (χ4n) is 1.56. The van der Waals surface area contributed by atoms with Gasteiger partial charge in [0, 0.05) is 18.3 Å². The summed E-state index contributed by atoms with van der Waals surface area (Å²) in [6.07, 6.45) is 1.26. The molecule has 3 nitrogen and oxygen atoms in total. The predicted molar refractivity (Wildman–Crippen MR) is 69.1 cm³/mol. The van der Waals surface area contributed by atoms with E-state index in [1.54, 1.807) is 5.38 Å². The maximum Gasteiger partial charge on any atom is 0.182 e. The molecule has 1 aromatic carbocycles. The van der Waals surface area contributed by atoms with Crippen LogP contribution in [0.2, 0.25) is 0 Å². The molecule has 17 heavy (non-hydrogen) atoms. The number of aryl methyl sites for hydroxylation is 1. The predicted octanol–water partition coefficient (Wildman–Crippen LogP) is 2.42. The van der Waals surface area contributed by atoms with Crippen LogP contribution < -0.4 is 5.73 Å². The van der Waals surface area contributed by atoms with Crippen LogP contribution in [0.25, 0.3) is 0 Å². The fourth-order valence-corrected chi connectivity index (χ4v) is 2.24. The van der Waals surface area contributed by atoms with E-state index in [-0.39, 0.29) is 5.78 Å². The lowest BCUT2D eigenvalue weighted by Gasteiger charge is -1.98. The maximum atomic E-state index is 11.9. The molecular formula is C13H14N2OS. The zero-order valence-electron chi connectivity index (χ0n) is 9.43. The van der Waals surface area contributed by atoms with Crippen molar-refractivity contribution in [3.8, 4) is 0 Å². The lowest BCUT2D eigenvalue weighted by atomic mass is 10.1. The van der Waals surface area contributed by atoms with Crippen molar-refractivity contribution in [2.24, 2.45) is 5.73 Å². The van der Waals surface area contributed by atoms with Crippen molar-refractivity contribution in [2.45, 2.75) is 19.4 Å². The van der Waals surface area contributed by atoms with Crippen LogP contribution in [0, 0.1) is 0 Å². The zero-order chi connectivity index (χ0) is 12.1. The molecule has 2 aromatic rings. The van der Waals surface area contributed by atoms with E-state index in [1.807, 2.05) is 30.3 Å². The highest BCUT2D eigenvalue weighted by atomic mass is 32.1. The van der Waals surface area contributed by atoms with Gasteiger partial charge in [-0.2, -0.15) is 0 Å². The first-order chi connectivity index (χ1) is 8.29. The van der Waals surface area contributed by atoms with Gasteiger partial charge in [0.25, 0.3) is 0 Å². The van der Waals surface area contributed by atoms with Crippen molar-refractivity contribution in [2.75, 3.05) is 0 Å². The van der Waals surface area contributed by atoms with Gasteiger partial charge in [-0.3, -0.25) is 4.79 Å². The number of carbonyl (C=O) groups is 1. The van der Waals surface area contributed by atoms with E-state index >= 15 is 0 Å². The number of hydrogen-bond donors (Lipinski definition) is 1. The van der Waals surface area contributed by atoms with Crippen LogP contribution >= 0.6 is 11.3 Å². The summed E-state index contributed by atoms with van der Waals surface area (Å²) in [5, 5.41) is 2.60. The summed E-state index contributed by atoms with van der Waals surface area (Å²) in [5.41, 5.74) is 7.19. The Labute approximate surface area is 104 Å². The smallest absolute Gasteiger partial charge is 0.182 e. The molecule has 2 N–H and O–H groups in total. The molecule has 2 rings (SSSR count). The first-order valence-electron chi connectivity index (χ1n) is 5.51. The third kappa shape index (κ3) is 3.22. The monoisotopic (exact) mass is 246 g/mol. The van der Waals surface area contributed by atoms with Gasteiger partial charge in [0.05, 0.1) is 0 Å². The number of benzene rings is 1. The van der Waals surface area contributed by atoms with Gasteiger partial charge in [0.15, 0.2) is 5.78 Å². The second kappa shape index (κ2) is 5.70. The highest BCUT2D eigenvalue weighted by Gasteiger charge is 2.10. The highest BCUT2D eigenvalue weighted by molar-refractivity contribution is 7.09. The van der Waals surface area contributed by atoms with Gasteiger partial charge in [-0.15, -0.1) is 11.3 Å². The van der Waals surface area contributed by atoms with E-state index < -0.39 is 0 Å². The van der Waals surface area contributed by atoms with Gasteiger partial charge >= 0.3 is 0 Å². The van der Waals surface area contributed by atoms with Gasteiger partial charge < -0.3 is 5.73 Å². The van der Waals surface area contributed by atoms with E-state index in [2.05, 4.69) is 4.98 Å². The van der Waals surface area contributed by atoms with E-state index in [0.29, 0.717) is 18.7 Å². The largest absolute Gasteiger partial charge is 0.325 e. The fraction of sp³-hybridized carbons (Fsp3) is 0.231. The van der Waals surface area contributed by atoms with Gasteiger partial charge in [-0.1, -0.05) is 30.3 Å². The summed E-state index contributed by atoms with van der Waals surface area (Å²) in [7, 11) is 0. The number of nitrogens with zero attached hydrogens (tertiary/aromatic N) is 1. The Kier molecular flexibility index (Phi) is 4.01. The molecule has 0 aliphatic carbocycles. The Bertz CT molecular complexity index is 493. The highest BCUT2D eigenvalue weighted by Crippen LogP contribution is 2.12. The van der Waals surface area contributed by atoms with Crippen molar-refractivity contribution in [3.05, 3.63) is 52.0 Å². The van der Waals surface area contributed by atoms with Crippen LogP contribution in [0.1, 0.15) is 27.5 Å². The van der Waals surface area contributed by atoms with Gasteiger partial charge in [0.2, 0.25) is 0 Å². The molecule has 1 heterocycles. The lowest BCUT2D eigenvalue weighted by molar-refractivity contribution is 0.0978. The Morgan fingerprint density at radius 1 is 1.29 bits per heavy atom. The molecule has 0 fully saturated rings. The van der Waals surface area contributed by atoms with E-state index in [9.17, 15) is 4.79 Å². The van der Waals surface area contributed by atoms with Crippen LogP contribution in [0.5, 0.6) is 0 Å². The Balaban J connectivity index is 1.93. The Hall–Kier alpha value is -1.52. The number of carbonyl (C=O) groups excluding carboxylic acids is 1. The number of aromatic nitrogens is 1. The normalized spacial score (nSPS) is 10.4. The van der Waals surface area contributed by atoms with Crippen LogP contribution in [0.4, 0.5) is 0 Å². The third-order valence-corrected chi connectivity index (χ3v) is 3.37. The average molecular weight is 246 g/mol. The van der Waals surface area contributed by atoms with Gasteiger partial charge in [-0.25, -0.2) is 4.98 Å². The molecule has 0 spiro atoms. The molecule has 0 radical (unpaired) electrons. The summed E-state index contributed by atoms with van der Waals surface area (Å²) in [4.78, 5) is 16.0. The Morgan fingerprint density at radius 2 is 2.06 bits per heavy atom. The lowest BCUT2D eigenvalue weighted by Crippen LogP contribution is -2.03. The molecular weight excluding hydrogens is 232 g/mol. The zero-order valence-corrected chi connectivity index (χ0v) is 10.2. The number of Topliss-reactive ketones (excluding diaryl/α,β-unsaturated/α-hetero) is 1. The molecule has 1 aromatic heterocycles. The van der Waals surface area contributed by atoms with Gasteiger partial charge in [-0.05, 0) is 12.0 Å². The second-order valence-electron chi connectivity index (χ2n) is 3.74. The topological polar surface area (TPSA) is 56.0 Å². The van der Waals surface area contributed by atoms with Crippen molar-refractivity contribution in [1.29, 1.82) is 0 Å². The summed E-state index contributed by atoms with van der Waals surface area (Å²) < 4.78 is 0. The summed E-state index contributed by atoms with van der Waals surface area (Å²) in [5.74, 6) is 0.0878. The molecule has 0 unspecified atom stereocenters. The SMILES string of the molecule is NCc1nc(C(=O)CCc2ccccc2)cs1. The summed E-state index contributed by atoms with van der Waals surface area (Å²) in [6, 6.07) is 9.99. The molecule has 0 atom stereocenters. The number of thiazole rings is 1. The summed E-state index contributed by atoms with van der Waals surface area (Å²) >= 11 is 1.44. The summed E-state index contributed by atoms with van der Waals surface area (Å²) in [6.45, 7) is 0.399. The molecule has 4 heteroatoms. The van der Waals surface area contributed by atoms with Crippen LogP contribution in [-0.2, 0) is 13.0 Å². The van der Waals surface area contributed by atoms with Crippen LogP contribution in [0.3, 0.4) is 0 Å². The maximum absolute atomic E-state index is 11.9. The number of ketones is 1. The number of rotatable bonds is 5. The molecule has 0 saturated carbocycles. The average Bonchev–Trinajstić information content (AvgIpc) is 2.86. The second-order valence-corrected chi connectivity index (χ2v) is 4.68. The third-order valence-electron chi connectivity index (χ3n) is 2.50. The molecule has 0 saturated heterocycles. The van der Waals surface area contributed by atoms with Crippen molar-refractivity contribution < 1.29 is 4.79 Å². The number of nitrogens with two attached hydrogens (primary N) is 1. The Morgan fingerprint density at radius 3 is 2.71 bits per heavy atom. The quantitative estimate of drug-likeness (QED) is 0.824. The van der Waals surface area contributed by atoms with E-state index in [4.69, 9.17) is 5.73 Å². The van der Waals surface area contributed by atoms with E-state index in [1.165, 1.54) is 16.9 Å². The minimum atomic E-state index is 0.0878. The first-order valence-corrected chi connectivity index (χ1v) is 6.39. The minimum Gasteiger partial charge on any atom is -0.325 e. The van der Waals surface area contributed by atoms with E-state index in [0.717, 1.165) is 11.4 Å². The first kappa shape index (κ1) is 12.0. The van der Waals surface area contributed by atoms with Gasteiger partial charge in [0.1, 0.15) is 10.7 Å².